The van der Waals surface area contributed by atoms with Gasteiger partial charge in [-0.05, 0) is 73.2 Å². The van der Waals surface area contributed by atoms with Crippen LogP contribution < -0.4 is 9.64 Å². The summed E-state index contributed by atoms with van der Waals surface area (Å²) < 4.78 is 11.2. The second-order valence-corrected chi connectivity index (χ2v) is 9.34. The van der Waals surface area contributed by atoms with Gasteiger partial charge < -0.3 is 14.3 Å². The molecule has 6 nitrogen and oxygen atoms in total. The van der Waals surface area contributed by atoms with Crippen LogP contribution in [0.4, 0.5) is 5.69 Å². The SMILES string of the molecule is COc1cccc2cc(C(=O)C3=C(O)C(=O)N(c4ccc(C)c(C)c4)C3c3sccc3C)oc12. The number of fused-ring (bicyclic) bond motifs is 1. The summed E-state index contributed by atoms with van der Waals surface area (Å²) in [6.45, 7) is 5.89. The van der Waals surface area contributed by atoms with Gasteiger partial charge in [0.2, 0.25) is 5.78 Å². The molecule has 0 aliphatic carbocycles. The van der Waals surface area contributed by atoms with Gasteiger partial charge >= 0.3 is 0 Å². The van der Waals surface area contributed by atoms with E-state index in [4.69, 9.17) is 9.15 Å². The highest BCUT2D eigenvalue weighted by atomic mass is 32.1. The summed E-state index contributed by atoms with van der Waals surface area (Å²) in [6, 6.07) is 13.8. The molecular formula is C27H23NO5S. The normalized spacial score (nSPS) is 16.1. The van der Waals surface area contributed by atoms with E-state index in [9.17, 15) is 14.7 Å². The number of aryl methyl sites for hydroxylation is 3. The number of carbonyl (C=O) groups is 2. The van der Waals surface area contributed by atoms with Crippen molar-refractivity contribution in [2.75, 3.05) is 12.0 Å². The molecule has 1 aliphatic heterocycles. The van der Waals surface area contributed by atoms with Crippen LogP contribution in [-0.4, -0.2) is 23.9 Å². The number of hydrogen-bond donors (Lipinski definition) is 1. The molecule has 34 heavy (non-hydrogen) atoms. The molecular weight excluding hydrogens is 450 g/mol. The number of aliphatic hydroxyl groups is 1. The number of hydrogen-bond acceptors (Lipinski definition) is 6. The van der Waals surface area contributed by atoms with E-state index in [-0.39, 0.29) is 11.3 Å². The largest absolute Gasteiger partial charge is 0.503 e. The second-order valence-electron chi connectivity index (χ2n) is 8.39. The number of carbonyl (C=O) groups excluding carboxylic acids is 2. The molecule has 0 fully saturated rings. The van der Waals surface area contributed by atoms with Gasteiger partial charge in [0, 0.05) is 16.0 Å². The standard InChI is InChI=1S/C27H23NO5S/c1-14-8-9-18(12-16(14)3)28-22(26-15(2)10-11-34-26)21(24(30)27(28)31)23(29)20-13-17-6-5-7-19(32-4)25(17)33-20/h5-13,22,30H,1-4H3. The summed E-state index contributed by atoms with van der Waals surface area (Å²) in [6.07, 6.45) is 0. The van der Waals surface area contributed by atoms with E-state index in [1.54, 1.807) is 18.2 Å². The lowest BCUT2D eigenvalue weighted by Gasteiger charge is -2.27. The topological polar surface area (TPSA) is 80.0 Å². The predicted molar refractivity (Wildman–Crippen MR) is 132 cm³/mol. The monoisotopic (exact) mass is 473 g/mol. The number of thiophene rings is 1. The number of Topliss-reactive ketones (excluding diaryl/α,β-unsaturated/α-hetero) is 1. The van der Waals surface area contributed by atoms with Crippen molar-refractivity contribution in [1.82, 2.24) is 0 Å². The van der Waals surface area contributed by atoms with Crippen LogP contribution in [0.1, 0.15) is 38.2 Å². The van der Waals surface area contributed by atoms with Crippen molar-refractivity contribution in [3.63, 3.8) is 0 Å². The zero-order chi connectivity index (χ0) is 24.1. The quantitative estimate of drug-likeness (QED) is 0.349. The first kappa shape index (κ1) is 22.0. The highest BCUT2D eigenvalue weighted by Gasteiger charge is 2.46. The maximum absolute atomic E-state index is 13.8. The van der Waals surface area contributed by atoms with Crippen molar-refractivity contribution in [3.8, 4) is 5.75 Å². The van der Waals surface area contributed by atoms with Gasteiger partial charge in [0.15, 0.2) is 22.9 Å². The Bertz CT molecular complexity index is 1490. The number of benzene rings is 2. The lowest BCUT2D eigenvalue weighted by Crippen LogP contribution is -2.31. The fourth-order valence-electron chi connectivity index (χ4n) is 4.33. The highest BCUT2D eigenvalue weighted by molar-refractivity contribution is 7.10. The minimum atomic E-state index is -0.766. The van der Waals surface area contributed by atoms with Crippen molar-refractivity contribution in [3.05, 3.63) is 92.6 Å². The Balaban J connectivity index is 1.67. The third kappa shape index (κ3) is 3.31. The summed E-state index contributed by atoms with van der Waals surface area (Å²) in [4.78, 5) is 29.4. The fourth-order valence-corrected chi connectivity index (χ4v) is 5.36. The Kier molecular flexibility index (Phi) is 5.29. The summed E-state index contributed by atoms with van der Waals surface area (Å²) >= 11 is 1.44. The molecule has 7 heteroatoms. The molecule has 1 amide bonds. The zero-order valence-corrected chi connectivity index (χ0v) is 20.0. The van der Waals surface area contributed by atoms with Crippen LogP contribution in [0.5, 0.6) is 5.75 Å². The molecule has 0 saturated heterocycles. The van der Waals surface area contributed by atoms with Crippen molar-refractivity contribution in [2.45, 2.75) is 26.8 Å². The number of para-hydroxylation sites is 1. The number of methoxy groups -OCH3 is 1. The molecule has 4 aromatic rings. The van der Waals surface area contributed by atoms with Crippen LogP contribution in [0.15, 0.2) is 69.7 Å². The van der Waals surface area contributed by atoms with Crippen molar-refractivity contribution in [2.24, 2.45) is 0 Å². The first-order valence-electron chi connectivity index (χ1n) is 10.8. The summed E-state index contributed by atoms with van der Waals surface area (Å²) in [5.74, 6) is -1.17. The summed E-state index contributed by atoms with van der Waals surface area (Å²) in [5.41, 5.74) is 4.09. The Morgan fingerprint density at radius 3 is 2.53 bits per heavy atom. The Hall–Kier alpha value is -3.84. The first-order valence-corrected chi connectivity index (χ1v) is 11.7. The number of ether oxygens (including phenoxy) is 1. The van der Waals surface area contributed by atoms with E-state index in [0.29, 0.717) is 22.4 Å². The molecule has 0 radical (unpaired) electrons. The highest BCUT2D eigenvalue weighted by Crippen LogP contribution is 2.45. The van der Waals surface area contributed by atoms with Gasteiger partial charge in [-0.1, -0.05) is 18.2 Å². The Morgan fingerprint density at radius 2 is 1.85 bits per heavy atom. The molecule has 172 valence electrons. The van der Waals surface area contributed by atoms with Gasteiger partial charge in [-0.3, -0.25) is 14.5 Å². The number of rotatable bonds is 5. The van der Waals surface area contributed by atoms with E-state index in [2.05, 4.69) is 0 Å². The van der Waals surface area contributed by atoms with Gasteiger partial charge in [0.25, 0.3) is 5.91 Å². The number of aliphatic hydroxyl groups excluding tert-OH is 1. The van der Waals surface area contributed by atoms with Gasteiger partial charge in [-0.15, -0.1) is 11.3 Å². The minimum absolute atomic E-state index is 0.00630. The molecule has 0 bridgehead atoms. The van der Waals surface area contributed by atoms with Gasteiger partial charge in [-0.25, -0.2) is 0 Å². The molecule has 1 atom stereocenters. The van der Waals surface area contributed by atoms with Gasteiger partial charge in [-0.2, -0.15) is 0 Å². The van der Waals surface area contributed by atoms with Crippen LogP contribution in [0, 0.1) is 20.8 Å². The molecule has 3 heterocycles. The van der Waals surface area contributed by atoms with Crippen LogP contribution in [0.2, 0.25) is 0 Å². The molecule has 2 aromatic carbocycles. The van der Waals surface area contributed by atoms with E-state index in [1.165, 1.54) is 23.3 Å². The van der Waals surface area contributed by atoms with Crippen molar-refractivity contribution in [1.29, 1.82) is 0 Å². The van der Waals surface area contributed by atoms with Crippen molar-refractivity contribution >= 4 is 39.7 Å². The second kappa shape index (κ2) is 8.18. The summed E-state index contributed by atoms with van der Waals surface area (Å²) in [5, 5.41) is 13.6. The molecule has 2 aromatic heterocycles. The number of anilines is 1. The fraction of sp³-hybridized carbons (Fsp3) is 0.185. The molecule has 0 saturated carbocycles. The Morgan fingerprint density at radius 1 is 1.06 bits per heavy atom. The molecule has 5 rings (SSSR count). The Labute approximate surface area is 200 Å². The molecule has 1 aliphatic rings. The minimum Gasteiger partial charge on any atom is -0.503 e. The van der Waals surface area contributed by atoms with Crippen molar-refractivity contribution < 1.29 is 23.8 Å². The lowest BCUT2D eigenvalue weighted by atomic mass is 9.98. The third-order valence-corrected chi connectivity index (χ3v) is 7.39. The third-order valence-electron chi connectivity index (χ3n) is 6.32. The maximum atomic E-state index is 13.8. The average molecular weight is 474 g/mol. The van der Waals surface area contributed by atoms with Crippen LogP contribution in [0.3, 0.4) is 0 Å². The number of ketones is 1. The van der Waals surface area contributed by atoms with Gasteiger partial charge in [0.1, 0.15) is 6.04 Å². The van der Waals surface area contributed by atoms with E-state index >= 15 is 0 Å². The number of amides is 1. The van der Waals surface area contributed by atoms with Gasteiger partial charge in [0.05, 0.1) is 12.7 Å². The first-order chi connectivity index (χ1) is 16.3. The average Bonchev–Trinajstić information content (AvgIpc) is 3.51. The molecule has 1 unspecified atom stereocenters. The smallest absolute Gasteiger partial charge is 0.294 e. The van der Waals surface area contributed by atoms with E-state index in [0.717, 1.165) is 21.6 Å². The molecule has 1 N–H and O–H groups in total. The van der Waals surface area contributed by atoms with Crippen LogP contribution in [0.25, 0.3) is 11.0 Å². The lowest BCUT2D eigenvalue weighted by molar-refractivity contribution is -0.117. The number of nitrogens with zero attached hydrogens (tertiary/aromatic N) is 1. The molecule has 0 spiro atoms. The zero-order valence-electron chi connectivity index (χ0n) is 19.2. The predicted octanol–water partition coefficient (Wildman–Crippen LogP) is 6.21. The van der Waals surface area contributed by atoms with Crippen LogP contribution in [-0.2, 0) is 4.79 Å². The summed E-state index contributed by atoms with van der Waals surface area (Å²) in [7, 11) is 1.53. The maximum Gasteiger partial charge on any atom is 0.294 e. The number of furan rings is 1. The van der Waals surface area contributed by atoms with Crippen LogP contribution >= 0.6 is 11.3 Å². The van der Waals surface area contributed by atoms with E-state index < -0.39 is 23.5 Å². The van der Waals surface area contributed by atoms with E-state index in [1.807, 2.05) is 56.5 Å².